The largest absolute Gasteiger partial charge is 0.493 e. The number of amides is 1. The second kappa shape index (κ2) is 7.17. The smallest absolute Gasteiger partial charge is 0.224 e. The highest BCUT2D eigenvalue weighted by Crippen LogP contribution is 2.27. The average molecular weight is 317 g/mol. The molecule has 0 atom stereocenters. The van der Waals surface area contributed by atoms with E-state index in [0.29, 0.717) is 24.5 Å². The molecular weight excluding hydrogens is 294 g/mol. The third kappa shape index (κ3) is 3.83. The maximum Gasteiger partial charge on any atom is 0.224 e. The maximum atomic E-state index is 12.2. The van der Waals surface area contributed by atoms with E-state index in [2.05, 4.69) is 10.4 Å². The van der Waals surface area contributed by atoms with Gasteiger partial charge >= 0.3 is 0 Å². The average Bonchev–Trinajstić information content (AvgIpc) is 2.78. The van der Waals surface area contributed by atoms with Gasteiger partial charge in [-0.25, -0.2) is 0 Å². The van der Waals surface area contributed by atoms with Crippen molar-refractivity contribution in [3.63, 3.8) is 0 Å². The first-order valence-corrected chi connectivity index (χ1v) is 7.43. The summed E-state index contributed by atoms with van der Waals surface area (Å²) in [6.45, 7) is 4.43. The van der Waals surface area contributed by atoms with Gasteiger partial charge in [-0.3, -0.25) is 9.48 Å². The van der Waals surface area contributed by atoms with E-state index in [1.165, 1.54) is 0 Å². The molecule has 0 saturated carbocycles. The van der Waals surface area contributed by atoms with Crippen LogP contribution in [0.2, 0.25) is 0 Å². The molecule has 1 heterocycles. The fourth-order valence-corrected chi connectivity index (χ4v) is 2.50. The Hall–Kier alpha value is -2.50. The molecule has 0 aliphatic heterocycles. The first-order valence-electron chi connectivity index (χ1n) is 7.43. The highest BCUT2D eigenvalue weighted by Gasteiger charge is 2.12. The van der Waals surface area contributed by atoms with Crippen LogP contribution in [0.4, 0.5) is 0 Å². The van der Waals surface area contributed by atoms with E-state index in [9.17, 15) is 4.79 Å². The van der Waals surface area contributed by atoms with Gasteiger partial charge in [-0.2, -0.15) is 5.10 Å². The molecule has 1 aromatic heterocycles. The number of nitrogens with one attached hydrogen (secondary N) is 1. The quantitative estimate of drug-likeness (QED) is 0.884. The van der Waals surface area contributed by atoms with Gasteiger partial charge < -0.3 is 14.8 Å². The molecule has 6 heteroatoms. The van der Waals surface area contributed by atoms with Crippen molar-refractivity contribution < 1.29 is 14.3 Å². The van der Waals surface area contributed by atoms with Crippen molar-refractivity contribution in [3.05, 3.63) is 40.7 Å². The summed E-state index contributed by atoms with van der Waals surface area (Å²) in [7, 11) is 5.07. The predicted molar refractivity (Wildman–Crippen MR) is 87.8 cm³/mol. The topological polar surface area (TPSA) is 65.4 Å². The summed E-state index contributed by atoms with van der Waals surface area (Å²) < 4.78 is 12.3. The minimum absolute atomic E-state index is 0.0418. The van der Waals surface area contributed by atoms with Gasteiger partial charge in [-0.1, -0.05) is 6.07 Å². The molecule has 0 saturated heterocycles. The Morgan fingerprint density at radius 1 is 1.22 bits per heavy atom. The summed E-state index contributed by atoms with van der Waals surface area (Å²) in [5, 5.41) is 7.29. The van der Waals surface area contributed by atoms with Gasteiger partial charge in [0.25, 0.3) is 0 Å². The second-order valence-corrected chi connectivity index (χ2v) is 5.42. The molecule has 0 radical (unpaired) electrons. The van der Waals surface area contributed by atoms with Crippen molar-refractivity contribution in [2.45, 2.75) is 26.8 Å². The van der Waals surface area contributed by atoms with Crippen LogP contribution in [0.15, 0.2) is 18.2 Å². The third-order valence-corrected chi connectivity index (χ3v) is 3.93. The summed E-state index contributed by atoms with van der Waals surface area (Å²) in [4.78, 5) is 12.2. The van der Waals surface area contributed by atoms with Crippen molar-refractivity contribution in [1.29, 1.82) is 0 Å². The number of benzene rings is 1. The molecule has 0 unspecified atom stereocenters. The Bertz CT molecular complexity index is 707. The number of ether oxygens (including phenoxy) is 2. The normalized spacial score (nSPS) is 10.5. The maximum absolute atomic E-state index is 12.2. The molecule has 1 aromatic carbocycles. The Morgan fingerprint density at radius 2 is 1.91 bits per heavy atom. The zero-order chi connectivity index (χ0) is 17.0. The first kappa shape index (κ1) is 16.9. The van der Waals surface area contributed by atoms with Crippen LogP contribution >= 0.6 is 0 Å². The zero-order valence-corrected chi connectivity index (χ0v) is 14.3. The first-order chi connectivity index (χ1) is 11.0. The fraction of sp³-hybridized carbons (Fsp3) is 0.412. The van der Waals surface area contributed by atoms with Gasteiger partial charge in [0.1, 0.15) is 0 Å². The minimum Gasteiger partial charge on any atom is -0.493 e. The van der Waals surface area contributed by atoms with Gasteiger partial charge in [0.15, 0.2) is 11.5 Å². The van der Waals surface area contributed by atoms with Crippen LogP contribution in [0.25, 0.3) is 0 Å². The van der Waals surface area contributed by atoms with Crippen LogP contribution in [0.1, 0.15) is 22.5 Å². The Morgan fingerprint density at radius 3 is 2.48 bits per heavy atom. The Labute approximate surface area is 136 Å². The molecule has 0 aliphatic rings. The van der Waals surface area contributed by atoms with Crippen LogP contribution in [-0.4, -0.2) is 29.9 Å². The standard InChI is InChI=1S/C17H23N3O3/c1-11-14(12(2)20(3)19-11)10-18-17(21)9-13-6-7-15(22-4)16(8-13)23-5/h6-8H,9-10H2,1-5H3,(H,18,21). The van der Waals surface area contributed by atoms with E-state index in [0.717, 1.165) is 22.5 Å². The zero-order valence-electron chi connectivity index (χ0n) is 14.3. The van der Waals surface area contributed by atoms with Crippen molar-refractivity contribution >= 4 is 5.91 Å². The molecule has 1 amide bonds. The second-order valence-electron chi connectivity index (χ2n) is 5.42. The van der Waals surface area contributed by atoms with E-state index in [4.69, 9.17) is 9.47 Å². The number of aryl methyl sites for hydroxylation is 2. The Kier molecular flexibility index (Phi) is 5.26. The lowest BCUT2D eigenvalue weighted by Crippen LogP contribution is -2.25. The number of hydrogen-bond donors (Lipinski definition) is 1. The number of rotatable bonds is 6. The van der Waals surface area contributed by atoms with Gasteiger partial charge in [0.2, 0.25) is 5.91 Å². The summed E-state index contributed by atoms with van der Waals surface area (Å²) in [6, 6.07) is 5.48. The number of carbonyl (C=O) groups is 1. The minimum atomic E-state index is -0.0418. The molecule has 23 heavy (non-hydrogen) atoms. The number of carbonyl (C=O) groups excluding carboxylic acids is 1. The summed E-state index contributed by atoms with van der Waals surface area (Å²) in [5.74, 6) is 1.23. The van der Waals surface area contributed by atoms with E-state index >= 15 is 0 Å². The molecular formula is C17H23N3O3. The summed E-state index contributed by atoms with van der Waals surface area (Å²) >= 11 is 0. The van der Waals surface area contributed by atoms with Crippen LogP contribution in [0.3, 0.4) is 0 Å². The van der Waals surface area contributed by atoms with Crippen molar-refractivity contribution in [2.24, 2.45) is 7.05 Å². The molecule has 0 spiro atoms. The van der Waals surface area contributed by atoms with Crippen LogP contribution < -0.4 is 14.8 Å². The van der Waals surface area contributed by atoms with E-state index in [1.54, 1.807) is 20.3 Å². The van der Waals surface area contributed by atoms with Gasteiger partial charge in [0, 0.05) is 24.8 Å². The van der Waals surface area contributed by atoms with Crippen LogP contribution in [0.5, 0.6) is 11.5 Å². The number of methoxy groups -OCH3 is 2. The van der Waals surface area contributed by atoms with E-state index < -0.39 is 0 Å². The molecule has 0 aliphatic carbocycles. The lowest BCUT2D eigenvalue weighted by atomic mass is 10.1. The molecule has 6 nitrogen and oxygen atoms in total. The number of nitrogens with zero attached hydrogens (tertiary/aromatic N) is 2. The molecule has 1 N–H and O–H groups in total. The molecule has 0 fully saturated rings. The van der Waals surface area contributed by atoms with Crippen molar-refractivity contribution in [2.75, 3.05) is 14.2 Å². The van der Waals surface area contributed by atoms with E-state index in [-0.39, 0.29) is 5.91 Å². The van der Waals surface area contributed by atoms with Crippen molar-refractivity contribution in [1.82, 2.24) is 15.1 Å². The number of hydrogen-bond acceptors (Lipinski definition) is 4. The lowest BCUT2D eigenvalue weighted by molar-refractivity contribution is -0.120. The Balaban J connectivity index is 2.00. The highest BCUT2D eigenvalue weighted by atomic mass is 16.5. The SMILES string of the molecule is COc1ccc(CC(=O)NCc2c(C)nn(C)c2C)cc1OC. The van der Waals surface area contributed by atoms with Crippen LogP contribution in [0, 0.1) is 13.8 Å². The highest BCUT2D eigenvalue weighted by molar-refractivity contribution is 5.78. The molecule has 2 rings (SSSR count). The fourth-order valence-electron chi connectivity index (χ4n) is 2.50. The van der Waals surface area contributed by atoms with Gasteiger partial charge in [0.05, 0.1) is 26.3 Å². The molecule has 124 valence electrons. The molecule has 0 bridgehead atoms. The van der Waals surface area contributed by atoms with Gasteiger partial charge in [-0.15, -0.1) is 0 Å². The van der Waals surface area contributed by atoms with Crippen molar-refractivity contribution in [3.8, 4) is 11.5 Å². The predicted octanol–water partition coefficient (Wildman–Crippen LogP) is 1.91. The monoisotopic (exact) mass is 317 g/mol. The van der Waals surface area contributed by atoms with Crippen LogP contribution in [-0.2, 0) is 24.8 Å². The third-order valence-electron chi connectivity index (χ3n) is 3.93. The lowest BCUT2D eigenvalue weighted by Gasteiger charge is -2.10. The van der Waals surface area contributed by atoms with Gasteiger partial charge in [-0.05, 0) is 31.5 Å². The number of aromatic nitrogens is 2. The summed E-state index contributed by atoms with van der Waals surface area (Å²) in [6.07, 6.45) is 0.290. The molecule has 2 aromatic rings. The summed E-state index contributed by atoms with van der Waals surface area (Å²) in [5.41, 5.74) is 3.94. The van der Waals surface area contributed by atoms with E-state index in [1.807, 2.05) is 37.7 Å².